The Labute approximate surface area is 123 Å². The van der Waals surface area contributed by atoms with Gasteiger partial charge in [0.15, 0.2) is 0 Å². The quantitative estimate of drug-likeness (QED) is 0.622. The van der Waals surface area contributed by atoms with E-state index < -0.39 is 0 Å². The fourth-order valence-electron chi connectivity index (χ4n) is 1.80. The van der Waals surface area contributed by atoms with Crippen molar-refractivity contribution in [2.75, 3.05) is 12.4 Å². The third-order valence-electron chi connectivity index (χ3n) is 2.83. The first-order valence-electron chi connectivity index (χ1n) is 6.59. The van der Waals surface area contributed by atoms with E-state index in [4.69, 9.17) is 10.5 Å². The van der Waals surface area contributed by atoms with E-state index in [-0.39, 0.29) is 5.82 Å². The lowest BCUT2D eigenvalue weighted by Gasteiger charge is -2.10. The zero-order valence-electron chi connectivity index (χ0n) is 11.2. The summed E-state index contributed by atoms with van der Waals surface area (Å²) in [7, 11) is 0. The fraction of sp³-hybridized carbons (Fsp3) is 0.250. The number of benzene rings is 2. The normalized spacial score (nSPS) is 10.5. The van der Waals surface area contributed by atoms with E-state index >= 15 is 0 Å². The fourth-order valence-corrected chi connectivity index (χ4v) is 2.66. The number of nitrogens with two attached hydrogens (primary N) is 1. The van der Waals surface area contributed by atoms with Crippen LogP contribution in [0.1, 0.15) is 12.0 Å². The maximum Gasteiger partial charge on any atom is 0.136 e. The average molecular weight is 291 g/mol. The standard InChI is InChI=1S/C16H18FNOS/c17-14-7-2-4-9-16(14)20-11-5-10-19-15-8-3-1-6-13(15)12-18/h1-4,6-9H,5,10-12,18H2. The molecule has 20 heavy (non-hydrogen) atoms. The lowest BCUT2D eigenvalue weighted by molar-refractivity contribution is 0.315. The van der Waals surface area contributed by atoms with E-state index in [1.54, 1.807) is 12.1 Å². The molecule has 0 saturated carbocycles. The molecule has 0 heterocycles. The summed E-state index contributed by atoms with van der Waals surface area (Å²) < 4.78 is 19.1. The molecular weight excluding hydrogens is 273 g/mol. The number of rotatable bonds is 7. The van der Waals surface area contributed by atoms with Crippen LogP contribution in [0.15, 0.2) is 53.4 Å². The van der Waals surface area contributed by atoms with Crippen LogP contribution in [-0.4, -0.2) is 12.4 Å². The first-order chi connectivity index (χ1) is 9.81. The largest absolute Gasteiger partial charge is 0.493 e. The molecule has 2 nitrogen and oxygen atoms in total. The summed E-state index contributed by atoms with van der Waals surface area (Å²) in [5.74, 6) is 1.50. The van der Waals surface area contributed by atoms with E-state index in [0.717, 1.165) is 23.5 Å². The number of hydrogen-bond acceptors (Lipinski definition) is 3. The van der Waals surface area contributed by atoms with Gasteiger partial charge in [0.05, 0.1) is 6.61 Å². The van der Waals surface area contributed by atoms with Crippen LogP contribution in [-0.2, 0) is 6.54 Å². The Balaban J connectivity index is 1.73. The molecule has 0 amide bonds. The second kappa shape index (κ2) is 7.92. The SMILES string of the molecule is NCc1ccccc1OCCCSc1ccccc1F. The minimum Gasteiger partial charge on any atom is -0.493 e. The minimum atomic E-state index is -0.160. The van der Waals surface area contributed by atoms with E-state index in [1.165, 1.54) is 17.8 Å². The Morgan fingerprint density at radius 3 is 2.60 bits per heavy atom. The zero-order chi connectivity index (χ0) is 14.2. The molecular formula is C16H18FNOS. The second-order valence-electron chi connectivity index (χ2n) is 4.29. The van der Waals surface area contributed by atoms with Gasteiger partial charge in [0.1, 0.15) is 11.6 Å². The van der Waals surface area contributed by atoms with Crippen LogP contribution in [0.5, 0.6) is 5.75 Å². The highest BCUT2D eigenvalue weighted by atomic mass is 32.2. The lowest BCUT2D eigenvalue weighted by Crippen LogP contribution is -2.04. The number of thioether (sulfide) groups is 1. The van der Waals surface area contributed by atoms with E-state index in [9.17, 15) is 4.39 Å². The van der Waals surface area contributed by atoms with Crippen LogP contribution < -0.4 is 10.5 Å². The number of para-hydroxylation sites is 1. The molecule has 0 saturated heterocycles. The Hall–Kier alpha value is -1.52. The summed E-state index contributed by atoms with van der Waals surface area (Å²) in [6.45, 7) is 1.08. The molecule has 0 aromatic heterocycles. The molecule has 106 valence electrons. The molecule has 0 spiro atoms. The highest BCUT2D eigenvalue weighted by Crippen LogP contribution is 2.22. The van der Waals surface area contributed by atoms with Gasteiger partial charge in [-0.15, -0.1) is 11.8 Å². The third-order valence-corrected chi connectivity index (χ3v) is 3.97. The number of ether oxygens (including phenoxy) is 1. The Morgan fingerprint density at radius 1 is 1.05 bits per heavy atom. The van der Waals surface area contributed by atoms with Crippen LogP contribution in [0.2, 0.25) is 0 Å². The Kier molecular flexibility index (Phi) is 5.89. The van der Waals surface area contributed by atoms with Crippen LogP contribution in [0.25, 0.3) is 0 Å². The van der Waals surface area contributed by atoms with Crippen molar-refractivity contribution in [2.45, 2.75) is 17.9 Å². The Morgan fingerprint density at radius 2 is 1.80 bits per heavy atom. The van der Waals surface area contributed by atoms with E-state index in [2.05, 4.69) is 0 Å². The van der Waals surface area contributed by atoms with Gasteiger partial charge in [-0.25, -0.2) is 4.39 Å². The molecule has 0 aliphatic heterocycles. The number of hydrogen-bond donors (Lipinski definition) is 1. The molecule has 2 aromatic carbocycles. The maximum atomic E-state index is 13.4. The summed E-state index contributed by atoms with van der Waals surface area (Å²) in [5.41, 5.74) is 6.66. The molecule has 0 radical (unpaired) electrons. The molecule has 2 rings (SSSR count). The van der Waals surface area contributed by atoms with Crippen molar-refractivity contribution in [3.63, 3.8) is 0 Å². The van der Waals surface area contributed by atoms with Gasteiger partial charge in [-0.3, -0.25) is 0 Å². The van der Waals surface area contributed by atoms with Crippen LogP contribution >= 0.6 is 11.8 Å². The van der Waals surface area contributed by atoms with Gasteiger partial charge in [0.25, 0.3) is 0 Å². The van der Waals surface area contributed by atoms with Crippen molar-refractivity contribution in [1.29, 1.82) is 0 Å². The first-order valence-corrected chi connectivity index (χ1v) is 7.58. The Bertz CT molecular complexity index is 548. The summed E-state index contributed by atoms with van der Waals surface area (Å²) in [4.78, 5) is 0.690. The average Bonchev–Trinajstić information content (AvgIpc) is 2.49. The summed E-state index contributed by atoms with van der Waals surface area (Å²) in [6.07, 6.45) is 0.859. The van der Waals surface area contributed by atoms with Crippen molar-refractivity contribution in [3.8, 4) is 5.75 Å². The van der Waals surface area contributed by atoms with Gasteiger partial charge >= 0.3 is 0 Å². The van der Waals surface area contributed by atoms with Crippen molar-refractivity contribution in [2.24, 2.45) is 5.73 Å². The summed E-state index contributed by atoms with van der Waals surface area (Å²) >= 11 is 1.51. The predicted molar refractivity (Wildman–Crippen MR) is 81.6 cm³/mol. The van der Waals surface area contributed by atoms with Crippen molar-refractivity contribution in [1.82, 2.24) is 0 Å². The van der Waals surface area contributed by atoms with Crippen LogP contribution in [0.4, 0.5) is 4.39 Å². The molecule has 0 aliphatic rings. The molecule has 4 heteroatoms. The first kappa shape index (κ1) is 14.9. The van der Waals surface area contributed by atoms with E-state index in [1.807, 2.05) is 30.3 Å². The van der Waals surface area contributed by atoms with Crippen LogP contribution in [0.3, 0.4) is 0 Å². The molecule has 0 unspecified atom stereocenters. The second-order valence-corrected chi connectivity index (χ2v) is 5.43. The van der Waals surface area contributed by atoms with Crippen molar-refractivity contribution >= 4 is 11.8 Å². The molecule has 0 atom stereocenters. The maximum absolute atomic E-state index is 13.4. The van der Waals surface area contributed by atoms with Crippen molar-refractivity contribution in [3.05, 3.63) is 59.9 Å². The monoisotopic (exact) mass is 291 g/mol. The molecule has 0 aliphatic carbocycles. The van der Waals surface area contributed by atoms with Gasteiger partial charge in [-0.2, -0.15) is 0 Å². The summed E-state index contributed by atoms with van der Waals surface area (Å²) in [6, 6.07) is 14.6. The number of halogens is 1. The molecule has 0 bridgehead atoms. The topological polar surface area (TPSA) is 35.2 Å². The molecule has 0 fully saturated rings. The smallest absolute Gasteiger partial charge is 0.136 e. The van der Waals surface area contributed by atoms with Gasteiger partial charge in [0.2, 0.25) is 0 Å². The minimum absolute atomic E-state index is 0.160. The van der Waals surface area contributed by atoms with E-state index in [0.29, 0.717) is 18.0 Å². The molecule has 2 aromatic rings. The van der Waals surface area contributed by atoms with Gasteiger partial charge in [-0.1, -0.05) is 30.3 Å². The molecule has 2 N–H and O–H groups in total. The lowest BCUT2D eigenvalue weighted by atomic mass is 10.2. The van der Waals surface area contributed by atoms with Gasteiger partial charge in [-0.05, 0) is 24.6 Å². The summed E-state index contributed by atoms with van der Waals surface area (Å²) in [5, 5.41) is 0. The van der Waals surface area contributed by atoms with Crippen LogP contribution in [0, 0.1) is 5.82 Å². The predicted octanol–water partition coefficient (Wildman–Crippen LogP) is 3.85. The highest BCUT2D eigenvalue weighted by Gasteiger charge is 2.02. The third kappa shape index (κ3) is 4.25. The van der Waals surface area contributed by atoms with Gasteiger partial charge in [0, 0.05) is 22.8 Å². The highest BCUT2D eigenvalue weighted by molar-refractivity contribution is 7.99. The zero-order valence-corrected chi connectivity index (χ0v) is 12.0. The van der Waals surface area contributed by atoms with Gasteiger partial charge < -0.3 is 10.5 Å². The van der Waals surface area contributed by atoms with Crippen molar-refractivity contribution < 1.29 is 9.13 Å².